The molecule has 0 bridgehead atoms. The van der Waals surface area contributed by atoms with Crippen molar-refractivity contribution in [3.63, 3.8) is 0 Å². The molecule has 0 fully saturated rings. The van der Waals surface area contributed by atoms with E-state index in [1.54, 1.807) is 24.3 Å². The van der Waals surface area contributed by atoms with Gasteiger partial charge in [-0.2, -0.15) is 4.99 Å². The molecule has 2 aromatic carbocycles. The minimum Gasteiger partial charge on any atom is -0.462 e. The molecule has 5 N–H and O–H groups in total. The van der Waals surface area contributed by atoms with Gasteiger partial charge in [0.15, 0.2) is 0 Å². The maximum absolute atomic E-state index is 12.4. The Labute approximate surface area is 191 Å². The van der Waals surface area contributed by atoms with E-state index in [0.29, 0.717) is 17.9 Å². The van der Waals surface area contributed by atoms with E-state index >= 15 is 0 Å². The quantitative estimate of drug-likeness (QED) is 0.210. The van der Waals surface area contributed by atoms with Gasteiger partial charge in [-0.1, -0.05) is 31.5 Å². The van der Waals surface area contributed by atoms with Gasteiger partial charge < -0.3 is 21.1 Å². The van der Waals surface area contributed by atoms with Gasteiger partial charge in [0.1, 0.15) is 6.04 Å². The summed E-state index contributed by atoms with van der Waals surface area (Å²) in [4.78, 5) is 44.6. The second kappa shape index (κ2) is 11.4. The number of hydrogen-bond donors (Lipinski definition) is 4. The van der Waals surface area contributed by atoms with Crippen molar-refractivity contribution >= 4 is 41.1 Å². The van der Waals surface area contributed by atoms with Gasteiger partial charge in [-0.15, -0.1) is 0 Å². The molecule has 0 radical (unpaired) electrons. The maximum Gasteiger partial charge on any atom is 0.338 e. The lowest BCUT2D eigenvalue weighted by atomic mass is 10.2. The van der Waals surface area contributed by atoms with Crippen LogP contribution < -0.4 is 21.7 Å². The van der Waals surface area contributed by atoms with Gasteiger partial charge in [0.2, 0.25) is 17.8 Å². The average molecular weight is 450 g/mol. The molecule has 2 aromatic rings. The predicted octanol–water partition coefficient (Wildman–Crippen LogP) is 2.25. The lowest BCUT2D eigenvalue weighted by molar-refractivity contribution is -0.123. The van der Waals surface area contributed by atoms with Crippen molar-refractivity contribution in [2.24, 2.45) is 15.7 Å². The number of nitrogens with zero attached hydrogens (tertiary/aromatic N) is 2. The summed E-state index contributed by atoms with van der Waals surface area (Å²) in [6, 6.07) is 14.6. The van der Waals surface area contributed by atoms with Crippen molar-refractivity contribution in [2.45, 2.75) is 32.2 Å². The smallest absolute Gasteiger partial charge is 0.338 e. The molecule has 0 unspecified atom stereocenters. The van der Waals surface area contributed by atoms with Crippen molar-refractivity contribution in [3.8, 4) is 0 Å². The largest absolute Gasteiger partial charge is 0.462 e. The molecule has 0 saturated carbocycles. The van der Waals surface area contributed by atoms with Gasteiger partial charge in [-0.3, -0.25) is 14.9 Å². The topological polar surface area (TPSA) is 147 Å². The first-order chi connectivity index (χ1) is 15.9. The number of esters is 1. The molecule has 0 aromatic heterocycles. The average Bonchev–Trinajstić information content (AvgIpc) is 3.13. The highest BCUT2D eigenvalue weighted by molar-refractivity contribution is 6.11. The minimum absolute atomic E-state index is 0.0321. The third-order valence-corrected chi connectivity index (χ3v) is 4.60. The third-order valence-electron chi connectivity index (χ3n) is 4.60. The van der Waals surface area contributed by atoms with Crippen LogP contribution in [0.15, 0.2) is 64.6 Å². The molecule has 172 valence electrons. The first-order valence-corrected chi connectivity index (χ1v) is 10.6. The van der Waals surface area contributed by atoms with Crippen LogP contribution in [0.1, 0.15) is 36.5 Å². The maximum atomic E-state index is 12.4. The van der Waals surface area contributed by atoms with Crippen LogP contribution in [-0.2, 0) is 14.3 Å². The van der Waals surface area contributed by atoms with Crippen LogP contribution in [0.5, 0.6) is 0 Å². The van der Waals surface area contributed by atoms with Gasteiger partial charge in [0, 0.05) is 11.4 Å². The van der Waals surface area contributed by atoms with E-state index in [1.807, 2.05) is 37.3 Å². The molecule has 1 atom stereocenters. The molecular formula is C23H26N6O4. The Hall–Kier alpha value is -4.21. The minimum atomic E-state index is -0.916. The number of carbonyl (C=O) groups excluding carboxylic acids is 3. The highest BCUT2D eigenvalue weighted by Gasteiger charge is 2.28. The summed E-state index contributed by atoms with van der Waals surface area (Å²) in [5.41, 5.74) is 7.46. The Morgan fingerprint density at radius 3 is 2.48 bits per heavy atom. The Balaban J connectivity index is 1.52. The molecule has 33 heavy (non-hydrogen) atoms. The third kappa shape index (κ3) is 7.17. The Morgan fingerprint density at radius 2 is 1.79 bits per heavy atom. The number of nitrogens with two attached hydrogens (primary N) is 1. The number of rotatable bonds is 8. The molecule has 2 amide bonds. The Morgan fingerprint density at radius 1 is 1.09 bits per heavy atom. The van der Waals surface area contributed by atoms with Crippen LogP contribution in [0, 0.1) is 0 Å². The van der Waals surface area contributed by atoms with Crippen LogP contribution in [0.3, 0.4) is 0 Å². The number of guanidine groups is 2. The molecule has 0 saturated heterocycles. The lowest BCUT2D eigenvalue weighted by Gasteiger charge is -2.08. The number of hydrogen-bond acceptors (Lipinski definition) is 6. The lowest BCUT2D eigenvalue weighted by Crippen LogP contribution is -2.32. The van der Waals surface area contributed by atoms with Crippen molar-refractivity contribution in [3.05, 3.63) is 60.2 Å². The van der Waals surface area contributed by atoms with E-state index < -0.39 is 23.8 Å². The zero-order valence-corrected chi connectivity index (χ0v) is 18.2. The van der Waals surface area contributed by atoms with Crippen molar-refractivity contribution in [1.82, 2.24) is 5.32 Å². The normalized spacial score (nSPS) is 15.4. The van der Waals surface area contributed by atoms with E-state index in [9.17, 15) is 14.4 Å². The highest BCUT2D eigenvalue weighted by Crippen LogP contribution is 2.13. The number of amides is 2. The molecule has 10 heteroatoms. The summed E-state index contributed by atoms with van der Waals surface area (Å²) in [7, 11) is 0. The van der Waals surface area contributed by atoms with Crippen LogP contribution in [0.4, 0.5) is 11.4 Å². The number of carbonyl (C=O) groups is 3. The zero-order chi connectivity index (χ0) is 23.6. The molecule has 1 aliphatic rings. The van der Waals surface area contributed by atoms with Crippen molar-refractivity contribution in [2.75, 3.05) is 17.2 Å². The summed E-state index contributed by atoms with van der Waals surface area (Å²) in [6.07, 6.45) is 1.57. The van der Waals surface area contributed by atoms with Gasteiger partial charge in [-0.25, -0.2) is 9.79 Å². The molecule has 1 aliphatic heterocycles. The monoisotopic (exact) mass is 450 g/mol. The van der Waals surface area contributed by atoms with Gasteiger partial charge in [0.25, 0.3) is 5.91 Å². The second-order valence-electron chi connectivity index (χ2n) is 7.26. The molecule has 0 spiro atoms. The van der Waals surface area contributed by atoms with Crippen LogP contribution in [-0.4, -0.2) is 42.4 Å². The molecular weight excluding hydrogens is 424 g/mol. The number of ether oxygens (including phenoxy) is 1. The SMILES string of the molecule is CCCCOC(=O)c1ccc(NC(=O)C[C@@H]2N=C(N=C(N)Nc3ccccc3)NC2=O)cc1. The van der Waals surface area contributed by atoms with Gasteiger partial charge in [0.05, 0.1) is 18.6 Å². The van der Waals surface area contributed by atoms with Crippen molar-refractivity contribution in [1.29, 1.82) is 0 Å². The molecule has 3 rings (SSSR count). The fourth-order valence-corrected chi connectivity index (χ4v) is 2.91. The number of benzene rings is 2. The van der Waals surface area contributed by atoms with Gasteiger partial charge in [-0.05, 0) is 42.8 Å². The number of para-hydroxylation sites is 1. The first kappa shape index (κ1) is 23.5. The second-order valence-corrected chi connectivity index (χ2v) is 7.26. The summed E-state index contributed by atoms with van der Waals surface area (Å²) in [6.45, 7) is 2.39. The van der Waals surface area contributed by atoms with E-state index in [0.717, 1.165) is 18.5 Å². The molecule has 0 aliphatic carbocycles. The summed E-state index contributed by atoms with van der Waals surface area (Å²) in [5.74, 6) is -1.17. The number of nitrogens with one attached hydrogen (secondary N) is 3. The first-order valence-electron chi connectivity index (χ1n) is 10.6. The Kier molecular flexibility index (Phi) is 8.12. The van der Waals surface area contributed by atoms with Crippen LogP contribution in [0.25, 0.3) is 0 Å². The summed E-state index contributed by atoms with van der Waals surface area (Å²) >= 11 is 0. The van der Waals surface area contributed by atoms with E-state index in [1.165, 1.54) is 0 Å². The number of unbranched alkanes of at least 4 members (excludes halogenated alkanes) is 1. The number of aliphatic imine (C=N–C) groups is 2. The predicted molar refractivity (Wildman–Crippen MR) is 126 cm³/mol. The van der Waals surface area contributed by atoms with Crippen molar-refractivity contribution < 1.29 is 19.1 Å². The van der Waals surface area contributed by atoms with Crippen LogP contribution >= 0.6 is 0 Å². The van der Waals surface area contributed by atoms with E-state index in [4.69, 9.17) is 10.5 Å². The van der Waals surface area contributed by atoms with E-state index in [-0.39, 0.29) is 18.3 Å². The molecule has 1 heterocycles. The standard InChI is InChI=1S/C23H26N6O4/c1-2-3-13-33-21(32)15-9-11-17(12-10-15)25-19(30)14-18-20(31)28-23(27-18)29-22(24)26-16-7-5-4-6-8-16/h4-12,18H,2-3,13-14H2,1H3,(H,25,30)(H4,24,26,27,28,29,31)/t18-/m0/s1. The number of anilines is 2. The van der Waals surface area contributed by atoms with Crippen LogP contribution in [0.2, 0.25) is 0 Å². The van der Waals surface area contributed by atoms with E-state index in [2.05, 4.69) is 25.9 Å². The fraction of sp³-hybridized carbons (Fsp3) is 0.261. The zero-order valence-electron chi connectivity index (χ0n) is 18.2. The molecule has 10 nitrogen and oxygen atoms in total. The highest BCUT2D eigenvalue weighted by atomic mass is 16.5. The summed E-state index contributed by atoms with van der Waals surface area (Å²) < 4.78 is 5.15. The van der Waals surface area contributed by atoms with Gasteiger partial charge >= 0.3 is 5.97 Å². The summed E-state index contributed by atoms with van der Waals surface area (Å²) in [5, 5.41) is 8.07. The Bertz CT molecular complexity index is 1050. The fourth-order valence-electron chi connectivity index (χ4n) is 2.91.